The van der Waals surface area contributed by atoms with Gasteiger partial charge in [-0.2, -0.15) is 0 Å². The van der Waals surface area contributed by atoms with Crippen LogP contribution < -0.4 is 0 Å². The third kappa shape index (κ3) is 2.80. The molecule has 3 rings (SSSR count). The highest BCUT2D eigenvalue weighted by molar-refractivity contribution is 6.30. The van der Waals surface area contributed by atoms with Crippen LogP contribution in [0.1, 0.15) is 13.0 Å². The average molecular weight is 329 g/mol. The molecule has 2 heterocycles. The second-order valence-electron chi connectivity index (χ2n) is 5.57. The van der Waals surface area contributed by atoms with Gasteiger partial charge < -0.3 is 4.90 Å². The van der Waals surface area contributed by atoms with E-state index in [1.54, 1.807) is 25.2 Å². The van der Waals surface area contributed by atoms with Gasteiger partial charge in [0.1, 0.15) is 17.4 Å². The molecule has 0 saturated carbocycles. The number of carbonyl (C=O) groups is 1. The smallest absolute Gasteiger partial charge is 0.244 e. The maximum Gasteiger partial charge on any atom is 0.244 e. The highest BCUT2D eigenvalue weighted by Crippen LogP contribution is 2.28. The molecule has 1 atom stereocenters. The Kier molecular flexibility index (Phi) is 4.05. The lowest BCUT2D eigenvalue weighted by molar-refractivity contribution is -0.131. The molecule has 23 heavy (non-hydrogen) atoms. The molecule has 3 aromatic rings. The van der Waals surface area contributed by atoms with E-state index in [4.69, 9.17) is 11.6 Å². The zero-order chi connectivity index (χ0) is 16.6. The fourth-order valence-electron chi connectivity index (χ4n) is 2.58. The molecule has 6 heteroatoms. The Morgan fingerprint density at radius 1 is 1.22 bits per heavy atom. The Bertz CT molecular complexity index is 855. The van der Waals surface area contributed by atoms with E-state index in [-0.39, 0.29) is 5.91 Å². The van der Waals surface area contributed by atoms with Crippen LogP contribution in [0.5, 0.6) is 0 Å². The first-order chi connectivity index (χ1) is 11.0. The Morgan fingerprint density at radius 2 is 1.91 bits per heavy atom. The zero-order valence-electron chi connectivity index (χ0n) is 13.2. The lowest BCUT2D eigenvalue weighted by Crippen LogP contribution is -2.30. The van der Waals surface area contributed by atoms with E-state index in [0.29, 0.717) is 16.5 Å². The van der Waals surface area contributed by atoms with Crippen molar-refractivity contribution in [3.05, 3.63) is 47.6 Å². The van der Waals surface area contributed by atoms with Crippen molar-refractivity contribution < 1.29 is 4.79 Å². The van der Waals surface area contributed by atoms with Crippen LogP contribution in [-0.2, 0) is 4.79 Å². The van der Waals surface area contributed by atoms with Gasteiger partial charge in [-0.15, -0.1) is 0 Å². The number of benzene rings is 1. The Hall–Kier alpha value is -2.40. The summed E-state index contributed by atoms with van der Waals surface area (Å²) in [6.07, 6.45) is 1.71. The van der Waals surface area contributed by atoms with E-state index in [9.17, 15) is 4.79 Å². The lowest BCUT2D eigenvalue weighted by atomic mass is 10.2. The molecule has 118 valence electrons. The van der Waals surface area contributed by atoms with Crippen molar-refractivity contribution in [3.8, 4) is 11.4 Å². The summed E-state index contributed by atoms with van der Waals surface area (Å²) >= 11 is 5.97. The number of halogens is 1. The van der Waals surface area contributed by atoms with Gasteiger partial charge in [0.2, 0.25) is 5.91 Å². The second-order valence-corrected chi connectivity index (χ2v) is 6.00. The van der Waals surface area contributed by atoms with E-state index in [0.717, 1.165) is 11.1 Å². The fourth-order valence-corrected chi connectivity index (χ4v) is 2.71. The van der Waals surface area contributed by atoms with Crippen molar-refractivity contribution in [3.63, 3.8) is 0 Å². The SMILES string of the molecule is C[C@H](C(=O)N(C)C)n1c(-c2ccc(Cl)cc2)nc2cccnc21. The predicted octanol–water partition coefficient (Wildman–Crippen LogP) is 3.40. The first-order valence-corrected chi connectivity index (χ1v) is 7.67. The van der Waals surface area contributed by atoms with Crippen molar-refractivity contribution >= 4 is 28.7 Å². The molecule has 2 aromatic heterocycles. The number of amides is 1. The van der Waals surface area contributed by atoms with Crippen molar-refractivity contribution in [2.24, 2.45) is 0 Å². The van der Waals surface area contributed by atoms with Crippen molar-refractivity contribution in [2.75, 3.05) is 14.1 Å². The number of hydrogen-bond donors (Lipinski definition) is 0. The summed E-state index contributed by atoms with van der Waals surface area (Å²) < 4.78 is 1.88. The van der Waals surface area contributed by atoms with Crippen molar-refractivity contribution in [2.45, 2.75) is 13.0 Å². The molecule has 1 aromatic carbocycles. The van der Waals surface area contributed by atoms with E-state index in [2.05, 4.69) is 9.97 Å². The normalized spacial score (nSPS) is 12.3. The standard InChI is InChI=1S/C17H17ClN4O/c1-11(17(23)21(2)3)22-15(12-6-8-13(18)9-7-12)20-14-5-4-10-19-16(14)22/h4-11H,1-3H3/t11-/m1/s1. The molecule has 0 spiro atoms. The van der Waals surface area contributed by atoms with Gasteiger partial charge in [-0.3, -0.25) is 9.36 Å². The first-order valence-electron chi connectivity index (χ1n) is 7.29. The summed E-state index contributed by atoms with van der Waals surface area (Å²) in [4.78, 5) is 23.1. The Morgan fingerprint density at radius 3 is 2.57 bits per heavy atom. The number of carbonyl (C=O) groups excluding carboxylic acids is 1. The van der Waals surface area contributed by atoms with E-state index < -0.39 is 6.04 Å². The molecule has 0 radical (unpaired) electrons. The molecular formula is C17H17ClN4O. The molecule has 0 fully saturated rings. The van der Waals surface area contributed by atoms with Gasteiger partial charge in [-0.05, 0) is 43.3 Å². The number of rotatable bonds is 3. The van der Waals surface area contributed by atoms with Crippen LogP contribution in [0.2, 0.25) is 5.02 Å². The summed E-state index contributed by atoms with van der Waals surface area (Å²) in [7, 11) is 3.49. The van der Waals surface area contributed by atoms with Crippen LogP contribution in [0, 0.1) is 0 Å². The monoisotopic (exact) mass is 328 g/mol. The summed E-state index contributed by atoms with van der Waals surface area (Å²) in [5.74, 6) is 0.697. The third-order valence-corrected chi connectivity index (χ3v) is 3.99. The lowest BCUT2D eigenvalue weighted by Gasteiger charge is -2.20. The topological polar surface area (TPSA) is 51.0 Å². The Labute approximate surface area is 139 Å². The molecule has 0 aliphatic heterocycles. The molecule has 0 aliphatic rings. The van der Waals surface area contributed by atoms with Gasteiger partial charge in [0.25, 0.3) is 0 Å². The van der Waals surface area contributed by atoms with Crippen LogP contribution in [0.4, 0.5) is 0 Å². The van der Waals surface area contributed by atoms with E-state index in [1.807, 2.05) is 47.9 Å². The second kappa shape index (κ2) is 6.01. The summed E-state index contributed by atoms with van der Waals surface area (Å²) in [6.45, 7) is 1.86. The van der Waals surface area contributed by atoms with Gasteiger partial charge in [0.15, 0.2) is 5.65 Å². The van der Waals surface area contributed by atoms with Gasteiger partial charge >= 0.3 is 0 Å². The van der Waals surface area contributed by atoms with E-state index >= 15 is 0 Å². The number of nitrogens with zero attached hydrogens (tertiary/aromatic N) is 4. The van der Waals surface area contributed by atoms with E-state index in [1.165, 1.54) is 0 Å². The zero-order valence-corrected chi connectivity index (χ0v) is 13.9. The molecule has 0 unspecified atom stereocenters. The summed E-state index contributed by atoms with van der Waals surface area (Å²) in [5.41, 5.74) is 2.35. The van der Waals surface area contributed by atoms with Crippen LogP contribution >= 0.6 is 11.6 Å². The number of pyridine rings is 1. The van der Waals surface area contributed by atoms with Gasteiger partial charge in [-0.25, -0.2) is 9.97 Å². The summed E-state index contributed by atoms with van der Waals surface area (Å²) in [5, 5.41) is 0.659. The molecule has 1 amide bonds. The Balaban J connectivity index is 2.23. The number of likely N-dealkylation sites (N-methyl/N-ethyl adjacent to an activating group) is 1. The maximum absolute atomic E-state index is 12.5. The molecule has 0 bridgehead atoms. The fraction of sp³-hybridized carbons (Fsp3) is 0.235. The molecule has 0 aliphatic carbocycles. The quantitative estimate of drug-likeness (QED) is 0.740. The van der Waals surface area contributed by atoms with Crippen molar-refractivity contribution in [1.29, 1.82) is 0 Å². The minimum atomic E-state index is -0.407. The van der Waals surface area contributed by atoms with Gasteiger partial charge in [0, 0.05) is 30.9 Å². The van der Waals surface area contributed by atoms with Gasteiger partial charge in [0.05, 0.1) is 0 Å². The predicted molar refractivity (Wildman–Crippen MR) is 91.4 cm³/mol. The third-order valence-electron chi connectivity index (χ3n) is 3.74. The van der Waals surface area contributed by atoms with Crippen LogP contribution in [-0.4, -0.2) is 39.4 Å². The maximum atomic E-state index is 12.5. The van der Waals surface area contributed by atoms with Crippen LogP contribution in [0.25, 0.3) is 22.6 Å². The van der Waals surface area contributed by atoms with Crippen LogP contribution in [0.15, 0.2) is 42.6 Å². The summed E-state index contributed by atoms with van der Waals surface area (Å²) in [6, 6.07) is 10.7. The minimum absolute atomic E-state index is 0.00911. The number of imidazole rings is 1. The number of fused-ring (bicyclic) bond motifs is 1. The van der Waals surface area contributed by atoms with Gasteiger partial charge in [-0.1, -0.05) is 11.6 Å². The molecule has 0 N–H and O–H groups in total. The highest BCUT2D eigenvalue weighted by Gasteiger charge is 2.24. The van der Waals surface area contributed by atoms with Crippen molar-refractivity contribution in [1.82, 2.24) is 19.4 Å². The minimum Gasteiger partial charge on any atom is -0.347 e. The number of aromatic nitrogens is 3. The molecule has 0 saturated heterocycles. The first kappa shape index (κ1) is 15.5. The average Bonchev–Trinajstić information content (AvgIpc) is 2.93. The largest absolute Gasteiger partial charge is 0.347 e. The molecule has 5 nitrogen and oxygen atoms in total. The molecular weight excluding hydrogens is 312 g/mol. The van der Waals surface area contributed by atoms with Crippen LogP contribution in [0.3, 0.4) is 0 Å². The number of hydrogen-bond acceptors (Lipinski definition) is 3. The highest BCUT2D eigenvalue weighted by atomic mass is 35.5.